The number of nitrogens with one attached hydrogen (secondary N) is 1. The summed E-state index contributed by atoms with van der Waals surface area (Å²) >= 11 is 0. The summed E-state index contributed by atoms with van der Waals surface area (Å²) in [6.07, 6.45) is 3.56. The number of benzene rings is 2. The number of methoxy groups -OCH3 is 1. The van der Waals surface area contributed by atoms with E-state index in [-0.39, 0.29) is 0 Å². The summed E-state index contributed by atoms with van der Waals surface area (Å²) in [4.78, 5) is 12.9. The van der Waals surface area contributed by atoms with Gasteiger partial charge in [0.05, 0.1) is 24.5 Å². The van der Waals surface area contributed by atoms with Crippen LogP contribution < -0.4 is 10.1 Å². The van der Waals surface area contributed by atoms with Crippen molar-refractivity contribution in [2.45, 2.75) is 13.1 Å². The molecule has 4 aromatic rings. The second kappa shape index (κ2) is 7.23. The Morgan fingerprint density at radius 1 is 0.962 bits per heavy atom. The highest BCUT2D eigenvalue weighted by Crippen LogP contribution is 2.15. The third-order valence-electron chi connectivity index (χ3n) is 4.19. The van der Waals surface area contributed by atoms with Gasteiger partial charge in [-0.3, -0.25) is 0 Å². The summed E-state index contributed by atoms with van der Waals surface area (Å²) in [6, 6.07) is 18.4. The Morgan fingerprint density at radius 2 is 1.77 bits per heavy atom. The van der Waals surface area contributed by atoms with E-state index in [1.807, 2.05) is 24.5 Å². The molecule has 0 aliphatic carbocycles. The molecule has 2 aromatic carbocycles. The van der Waals surface area contributed by atoms with Crippen LogP contribution in [0.4, 0.5) is 5.95 Å². The smallest absolute Gasteiger partial charge is 0.226 e. The summed E-state index contributed by atoms with van der Waals surface area (Å²) in [5.74, 6) is 1.10. The van der Waals surface area contributed by atoms with Gasteiger partial charge in [0.25, 0.3) is 0 Å². The van der Waals surface area contributed by atoms with Crippen molar-refractivity contribution in [2.24, 2.45) is 0 Å². The van der Waals surface area contributed by atoms with Crippen LogP contribution in [0.25, 0.3) is 11.0 Å². The Morgan fingerprint density at radius 3 is 2.62 bits per heavy atom. The maximum atomic E-state index is 5.10. The average Bonchev–Trinajstić information content (AvgIpc) is 3.11. The number of hydrogen-bond acceptors (Lipinski definition) is 5. The molecule has 6 nitrogen and oxygen atoms in total. The minimum absolute atomic E-state index is 0.547. The molecule has 0 bridgehead atoms. The standard InChI is InChI=1S/C20H19N5O/c1-26-19-10-11-21-20(24-19)22-12-15-6-8-16(9-7-15)13-25-14-23-17-4-2-3-5-18(17)25/h2-11,14H,12-13H2,1H3,(H,21,22,24). The molecule has 0 radical (unpaired) electrons. The second-order valence-electron chi connectivity index (χ2n) is 5.95. The first-order valence-corrected chi connectivity index (χ1v) is 8.40. The van der Waals surface area contributed by atoms with Gasteiger partial charge in [-0.2, -0.15) is 4.98 Å². The van der Waals surface area contributed by atoms with Gasteiger partial charge < -0.3 is 14.6 Å². The van der Waals surface area contributed by atoms with Gasteiger partial charge in [0.1, 0.15) is 0 Å². The van der Waals surface area contributed by atoms with Gasteiger partial charge in [0.15, 0.2) is 0 Å². The Bertz CT molecular complexity index is 1010. The normalized spacial score (nSPS) is 10.8. The molecular formula is C20H19N5O. The molecule has 26 heavy (non-hydrogen) atoms. The first-order chi connectivity index (χ1) is 12.8. The van der Waals surface area contributed by atoms with Crippen molar-refractivity contribution in [3.05, 3.63) is 78.2 Å². The van der Waals surface area contributed by atoms with Crippen LogP contribution in [0.3, 0.4) is 0 Å². The van der Waals surface area contributed by atoms with Crippen LogP contribution in [0.15, 0.2) is 67.1 Å². The molecule has 0 fully saturated rings. The highest BCUT2D eigenvalue weighted by Gasteiger charge is 2.03. The Kier molecular flexibility index (Phi) is 4.47. The van der Waals surface area contributed by atoms with Gasteiger partial charge >= 0.3 is 0 Å². The minimum Gasteiger partial charge on any atom is -0.481 e. The number of imidazole rings is 1. The number of anilines is 1. The molecule has 0 atom stereocenters. The van der Waals surface area contributed by atoms with Crippen LogP contribution in [-0.4, -0.2) is 26.6 Å². The molecular weight excluding hydrogens is 326 g/mol. The molecule has 0 aliphatic heterocycles. The van der Waals surface area contributed by atoms with Crippen LogP contribution in [-0.2, 0) is 13.1 Å². The molecule has 0 amide bonds. The monoisotopic (exact) mass is 345 g/mol. The van der Waals surface area contributed by atoms with E-state index in [0.717, 1.165) is 23.1 Å². The lowest BCUT2D eigenvalue weighted by molar-refractivity contribution is 0.397. The highest BCUT2D eigenvalue weighted by molar-refractivity contribution is 5.75. The van der Waals surface area contributed by atoms with Crippen LogP contribution in [0.1, 0.15) is 11.1 Å². The Balaban J connectivity index is 1.41. The fraction of sp³-hybridized carbons (Fsp3) is 0.150. The van der Waals surface area contributed by atoms with E-state index in [0.29, 0.717) is 18.4 Å². The zero-order valence-corrected chi connectivity index (χ0v) is 14.5. The van der Waals surface area contributed by atoms with E-state index in [1.165, 1.54) is 5.56 Å². The maximum absolute atomic E-state index is 5.10. The van der Waals surface area contributed by atoms with Crippen molar-refractivity contribution in [1.82, 2.24) is 19.5 Å². The fourth-order valence-corrected chi connectivity index (χ4v) is 2.82. The number of rotatable bonds is 6. The fourth-order valence-electron chi connectivity index (χ4n) is 2.82. The number of ether oxygens (including phenoxy) is 1. The predicted molar refractivity (Wildman–Crippen MR) is 101 cm³/mol. The lowest BCUT2D eigenvalue weighted by Crippen LogP contribution is -2.04. The number of hydrogen-bond donors (Lipinski definition) is 1. The van der Waals surface area contributed by atoms with Gasteiger partial charge in [-0.15, -0.1) is 0 Å². The van der Waals surface area contributed by atoms with Gasteiger partial charge in [-0.1, -0.05) is 36.4 Å². The summed E-state index contributed by atoms with van der Waals surface area (Å²) in [6.45, 7) is 1.45. The van der Waals surface area contributed by atoms with Crippen molar-refractivity contribution in [3.63, 3.8) is 0 Å². The molecule has 6 heteroatoms. The Hall–Kier alpha value is -3.41. The first-order valence-electron chi connectivity index (χ1n) is 8.40. The quantitative estimate of drug-likeness (QED) is 0.579. The number of para-hydroxylation sites is 2. The highest BCUT2D eigenvalue weighted by atomic mass is 16.5. The lowest BCUT2D eigenvalue weighted by Gasteiger charge is -2.08. The minimum atomic E-state index is 0.547. The zero-order valence-electron chi connectivity index (χ0n) is 14.5. The summed E-state index contributed by atoms with van der Waals surface area (Å²) in [5.41, 5.74) is 4.56. The molecule has 0 aliphatic rings. The van der Waals surface area contributed by atoms with Crippen LogP contribution in [0.2, 0.25) is 0 Å². The average molecular weight is 345 g/mol. The second-order valence-corrected chi connectivity index (χ2v) is 5.95. The van der Waals surface area contributed by atoms with Gasteiger partial charge in [0, 0.05) is 25.4 Å². The van der Waals surface area contributed by atoms with E-state index in [9.17, 15) is 0 Å². The van der Waals surface area contributed by atoms with Crippen LogP contribution in [0, 0.1) is 0 Å². The van der Waals surface area contributed by atoms with E-state index in [4.69, 9.17) is 4.74 Å². The molecule has 2 aromatic heterocycles. The van der Waals surface area contributed by atoms with E-state index < -0.39 is 0 Å². The molecule has 4 rings (SSSR count). The maximum Gasteiger partial charge on any atom is 0.226 e. The number of fused-ring (bicyclic) bond motifs is 1. The van der Waals surface area contributed by atoms with Crippen molar-refractivity contribution in [3.8, 4) is 5.88 Å². The van der Waals surface area contributed by atoms with E-state index in [1.54, 1.807) is 19.4 Å². The predicted octanol–water partition coefficient (Wildman–Crippen LogP) is 3.50. The zero-order chi connectivity index (χ0) is 17.8. The summed E-state index contributed by atoms with van der Waals surface area (Å²) < 4.78 is 7.26. The van der Waals surface area contributed by atoms with Crippen molar-refractivity contribution < 1.29 is 4.74 Å². The lowest BCUT2D eigenvalue weighted by atomic mass is 10.1. The van der Waals surface area contributed by atoms with Crippen molar-refractivity contribution in [2.75, 3.05) is 12.4 Å². The first kappa shape index (κ1) is 16.1. The molecule has 130 valence electrons. The van der Waals surface area contributed by atoms with Gasteiger partial charge in [0.2, 0.25) is 11.8 Å². The van der Waals surface area contributed by atoms with Crippen LogP contribution >= 0.6 is 0 Å². The number of nitrogens with zero attached hydrogens (tertiary/aromatic N) is 4. The number of aromatic nitrogens is 4. The van der Waals surface area contributed by atoms with E-state index in [2.05, 4.69) is 55.2 Å². The van der Waals surface area contributed by atoms with Gasteiger partial charge in [-0.25, -0.2) is 9.97 Å². The molecule has 2 heterocycles. The topological polar surface area (TPSA) is 64.9 Å². The summed E-state index contributed by atoms with van der Waals surface area (Å²) in [5, 5.41) is 3.21. The van der Waals surface area contributed by atoms with Crippen molar-refractivity contribution >= 4 is 17.0 Å². The molecule has 1 N–H and O–H groups in total. The van der Waals surface area contributed by atoms with Crippen LogP contribution in [0.5, 0.6) is 5.88 Å². The molecule has 0 saturated heterocycles. The molecule has 0 saturated carbocycles. The Labute approximate surface area is 151 Å². The summed E-state index contributed by atoms with van der Waals surface area (Å²) in [7, 11) is 1.59. The van der Waals surface area contributed by atoms with Gasteiger partial charge in [-0.05, 0) is 23.3 Å². The van der Waals surface area contributed by atoms with E-state index >= 15 is 0 Å². The molecule has 0 spiro atoms. The van der Waals surface area contributed by atoms with Crippen molar-refractivity contribution in [1.29, 1.82) is 0 Å². The third-order valence-corrected chi connectivity index (χ3v) is 4.19. The SMILES string of the molecule is COc1ccnc(NCc2ccc(Cn3cnc4ccccc43)cc2)n1. The third kappa shape index (κ3) is 3.49. The molecule has 0 unspecified atom stereocenters. The largest absolute Gasteiger partial charge is 0.481 e.